The molecule has 0 bridgehead atoms. The maximum atomic E-state index is 12.4. The average molecular weight is 305 g/mol. The molecule has 19 heavy (non-hydrogen) atoms. The van der Waals surface area contributed by atoms with Gasteiger partial charge in [-0.3, -0.25) is 4.90 Å². The standard InChI is InChI=1S/C12H17ClN2O3S/c13-9-11-3-4-12(18-11)19(16,17)15-7-5-14(6-8-15)10-1-2-10/h3-4,10H,1-2,5-9H2. The van der Waals surface area contributed by atoms with E-state index < -0.39 is 10.0 Å². The minimum absolute atomic E-state index is 0.00280. The summed E-state index contributed by atoms with van der Waals surface area (Å²) in [5, 5.41) is 0.00280. The zero-order chi connectivity index (χ0) is 13.5. The van der Waals surface area contributed by atoms with Gasteiger partial charge >= 0.3 is 0 Å². The van der Waals surface area contributed by atoms with Crippen LogP contribution in [0.1, 0.15) is 18.6 Å². The van der Waals surface area contributed by atoms with Crippen molar-refractivity contribution >= 4 is 21.6 Å². The molecular weight excluding hydrogens is 288 g/mol. The number of piperazine rings is 1. The van der Waals surface area contributed by atoms with Crippen molar-refractivity contribution in [1.29, 1.82) is 0 Å². The van der Waals surface area contributed by atoms with Crippen molar-refractivity contribution in [2.45, 2.75) is 29.9 Å². The number of halogens is 1. The summed E-state index contributed by atoms with van der Waals surface area (Å²) in [7, 11) is -3.50. The monoisotopic (exact) mass is 304 g/mol. The molecule has 2 fully saturated rings. The van der Waals surface area contributed by atoms with Crippen LogP contribution in [-0.4, -0.2) is 49.8 Å². The van der Waals surface area contributed by atoms with Crippen LogP contribution >= 0.6 is 11.6 Å². The van der Waals surface area contributed by atoms with E-state index in [1.54, 1.807) is 6.07 Å². The summed E-state index contributed by atoms with van der Waals surface area (Å²) in [5.74, 6) is 0.669. The first-order valence-electron chi connectivity index (χ1n) is 6.50. The maximum Gasteiger partial charge on any atom is 0.276 e. The molecule has 1 saturated carbocycles. The Balaban J connectivity index is 1.70. The minimum Gasteiger partial charge on any atom is -0.447 e. The van der Waals surface area contributed by atoms with E-state index >= 15 is 0 Å². The summed E-state index contributed by atoms with van der Waals surface area (Å²) in [5.41, 5.74) is 0. The summed E-state index contributed by atoms with van der Waals surface area (Å²) in [6.07, 6.45) is 2.51. The van der Waals surface area contributed by atoms with Gasteiger partial charge in [0.05, 0.1) is 5.88 Å². The van der Waals surface area contributed by atoms with Gasteiger partial charge in [0, 0.05) is 32.2 Å². The number of hydrogen-bond acceptors (Lipinski definition) is 4. The molecule has 106 valence electrons. The van der Waals surface area contributed by atoms with Crippen LogP contribution in [-0.2, 0) is 15.9 Å². The molecule has 2 heterocycles. The number of furan rings is 1. The summed E-state index contributed by atoms with van der Waals surface area (Å²) in [6.45, 7) is 2.70. The van der Waals surface area contributed by atoms with Gasteiger partial charge < -0.3 is 4.42 Å². The molecule has 0 radical (unpaired) electrons. The van der Waals surface area contributed by atoms with Gasteiger partial charge in [0.2, 0.25) is 5.09 Å². The highest BCUT2D eigenvalue weighted by Crippen LogP contribution is 2.29. The van der Waals surface area contributed by atoms with Crippen molar-refractivity contribution in [3.63, 3.8) is 0 Å². The molecule has 1 aromatic rings. The van der Waals surface area contributed by atoms with Gasteiger partial charge in [-0.05, 0) is 25.0 Å². The fraction of sp³-hybridized carbons (Fsp3) is 0.667. The van der Waals surface area contributed by atoms with Crippen LogP contribution in [0.2, 0.25) is 0 Å². The molecule has 0 unspecified atom stereocenters. The Labute approximate surface area is 118 Å². The summed E-state index contributed by atoms with van der Waals surface area (Å²) in [6, 6.07) is 3.79. The number of rotatable bonds is 4. The molecule has 0 spiro atoms. The molecule has 0 atom stereocenters. The lowest BCUT2D eigenvalue weighted by molar-refractivity contribution is 0.179. The molecule has 2 aliphatic rings. The third-order valence-corrected chi connectivity index (χ3v) is 5.74. The van der Waals surface area contributed by atoms with Gasteiger partial charge in [0.25, 0.3) is 10.0 Å². The molecule has 0 N–H and O–H groups in total. The second-order valence-corrected chi connectivity index (χ2v) is 7.16. The molecule has 3 rings (SSSR count). The van der Waals surface area contributed by atoms with Gasteiger partial charge in [0.15, 0.2) is 0 Å². The fourth-order valence-electron chi connectivity index (χ4n) is 2.44. The predicted octanol–water partition coefficient (Wildman–Crippen LogP) is 1.49. The zero-order valence-corrected chi connectivity index (χ0v) is 12.2. The highest BCUT2D eigenvalue weighted by molar-refractivity contribution is 7.89. The Hall–Kier alpha value is -0.560. The van der Waals surface area contributed by atoms with E-state index in [1.807, 2.05) is 0 Å². The van der Waals surface area contributed by atoms with Gasteiger partial charge in [-0.1, -0.05) is 0 Å². The fourth-order valence-corrected chi connectivity index (χ4v) is 3.94. The Morgan fingerprint density at radius 3 is 2.42 bits per heavy atom. The third kappa shape index (κ3) is 2.67. The Kier molecular flexibility index (Phi) is 3.59. The van der Waals surface area contributed by atoms with Crippen molar-refractivity contribution in [3.05, 3.63) is 17.9 Å². The number of nitrogens with zero attached hydrogens (tertiary/aromatic N) is 2. The molecule has 1 saturated heterocycles. The average Bonchev–Trinajstić information content (AvgIpc) is 3.15. The van der Waals surface area contributed by atoms with Crippen LogP contribution in [0.15, 0.2) is 21.6 Å². The van der Waals surface area contributed by atoms with E-state index in [1.165, 1.54) is 23.2 Å². The molecular formula is C12H17ClN2O3S. The van der Waals surface area contributed by atoms with Crippen molar-refractivity contribution in [1.82, 2.24) is 9.21 Å². The van der Waals surface area contributed by atoms with Crippen molar-refractivity contribution < 1.29 is 12.8 Å². The molecule has 0 amide bonds. The van der Waals surface area contributed by atoms with Gasteiger partial charge in [-0.2, -0.15) is 4.31 Å². The summed E-state index contributed by atoms with van der Waals surface area (Å²) in [4.78, 5) is 2.37. The quantitative estimate of drug-likeness (QED) is 0.791. The molecule has 7 heteroatoms. The second kappa shape index (κ2) is 5.09. The predicted molar refractivity (Wildman–Crippen MR) is 71.6 cm³/mol. The topological polar surface area (TPSA) is 53.8 Å². The number of alkyl halides is 1. The van der Waals surface area contributed by atoms with Crippen LogP contribution in [0, 0.1) is 0 Å². The smallest absolute Gasteiger partial charge is 0.276 e. The highest BCUT2D eigenvalue weighted by Gasteiger charge is 2.35. The highest BCUT2D eigenvalue weighted by atomic mass is 35.5. The van der Waals surface area contributed by atoms with Gasteiger partial charge in [-0.25, -0.2) is 8.42 Å². The molecule has 1 aromatic heterocycles. The molecule has 1 aliphatic heterocycles. The van der Waals surface area contributed by atoms with Crippen LogP contribution in [0.25, 0.3) is 0 Å². The summed E-state index contributed by atoms with van der Waals surface area (Å²) >= 11 is 5.63. The largest absolute Gasteiger partial charge is 0.447 e. The van der Waals surface area contributed by atoms with Crippen LogP contribution < -0.4 is 0 Å². The van der Waals surface area contributed by atoms with E-state index in [4.69, 9.17) is 16.0 Å². The van der Waals surface area contributed by atoms with Crippen molar-refractivity contribution in [3.8, 4) is 0 Å². The van der Waals surface area contributed by atoms with Gasteiger partial charge in [0.1, 0.15) is 5.76 Å². The first kappa shape index (κ1) is 13.4. The third-order valence-electron chi connectivity index (χ3n) is 3.70. The molecule has 0 aromatic carbocycles. The van der Waals surface area contributed by atoms with E-state index in [2.05, 4.69) is 4.90 Å². The Bertz CT molecular complexity index is 545. The first-order valence-corrected chi connectivity index (χ1v) is 8.47. The Morgan fingerprint density at radius 2 is 1.89 bits per heavy atom. The zero-order valence-electron chi connectivity index (χ0n) is 10.6. The van der Waals surface area contributed by atoms with Crippen molar-refractivity contribution in [2.24, 2.45) is 0 Å². The van der Waals surface area contributed by atoms with E-state index in [9.17, 15) is 8.42 Å². The van der Waals surface area contributed by atoms with E-state index in [0.29, 0.717) is 24.9 Å². The van der Waals surface area contributed by atoms with E-state index in [0.717, 1.165) is 13.1 Å². The minimum atomic E-state index is -3.50. The molecule has 5 nitrogen and oxygen atoms in total. The lowest BCUT2D eigenvalue weighted by Gasteiger charge is -2.33. The summed E-state index contributed by atoms with van der Waals surface area (Å²) < 4.78 is 31.5. The molecule has 1 aliphatic carbocycles. The first-order chi connectivity index (χ1) is 9.11. The van der Waals surface area contributed by atoms with E-state index in [-0.39, 0.29) is 11.0 Å². The van der Waals surface area contributed by atoms with Crippen molar-refractivity contribution in [2.75, 3.05) is 26.2 Å². The van der Waals surface area contributed by atoms with Gasteiger partial charge in [-0.15, -0.1) is 11.6 Å². The lowest BCUT2D eigenvalue weighted by Crippen LogP contribution is -2.49. The Morgan fingerprint density at radius 1 is 1.21 bits per heavy atom. The number of sulfonamides is 1. The van der Waals surface area contributed by atoms with Crippen LogP contribution in [0.3, 0.4) is 0 Å². The maximum absolute atomic E-state index is 12.4. The lowest BCUT2D eigenvalue weighted by atomic mass is 10.3. The SMILES string of the molecule is O=S(=O)(c1ccc(CCl)o1)N1CCN(C2CC2)CC1. The number of hydrogen-bond donors (Lipinski definition) is 0. The van der Waals surface area contributed by atoms with Crippen LogP contribution in [0.4, 0.5) is 0 Å². The van der Waals surface area contributed by atoms with Crippen LogP contribution in [0.5, 0.6) is 0 Å². The second-order valence-electron chi connectivity index (χ2n) is 5.03. The normalized spacial score (nSPS) is 22.8.